The average molecular weight is 361 g/mol. The van der Waals surface area contributed by atoms with Crippen LogP contribution < -0.4 is 0 Å². The minimum Gasteiger partial charge on any atom is -0.289 e. The van der Waals surface area contributed by atoms with Gasteiger partial charge < -0.3 is 0 Å². The smallest absolute Gasteiger partial charge is 0.193 e. The molecule has 0 saturated heterocycles. The molecule has 0 bridgehead atoms. The fourth-order valence-corrected chi connectivity index (χ4v) is 2.25. The number of hydrogen-bond acceptors (Lipinski definition) is 1. The van der Waals surface area contributed by atoms with Gasteiger partial charge in [0.05, 0.1) is 0 Å². The van der Waals surface area contributed by atoms with Crippen molar-refractivity contribution in [2.24, 2.45) is 0 Å². The minimum absolute atomic E-state index is 0.221. The molecule has 0 aliphatic heterocycles. The first kappa shape index (κ1) is 12.5. The van der Waals surface area contributed by atoms with Crippen LogP contribution in [-0.4, -0.2) is 5.78 Å². The Balaban J connectivity index is 2.43. The highest BCUT2D eigenvalue weighted by atomic mass is 127. The molecular weight excluding hydrogens is 353 g/mol. The van der Waals surface area contributed by atoms with E-state index in [1.165, 1.54) is 18.2 Å². The standard InChI is InChI=1S/C13H7ClFIO/c14-10-4-9(5-11(15)7-10)13(17)8-2-1-3-12(16)6-8/h1-7H. The van der Waals surface area contributed by atoms with Gasteiger partial charge in [0.1, 0.15) is 5.82 Å². The summed E-state index contributed by atoms with van der Waals surface area (Å²) in [5.74, 6) is -0.739. The third kappa shape index (κ3) is 3.04. The zero-order valence-electron chi connectivity index (χ0n) is 8.58. The molecule has 0 amide bonds. The van der Waals surface area contributed by atoms with Gasteiger partial charge in [-0.3, -0.25) is 4.79 Å². The SMILES string of the molecule is O=C(c1cc(F)cc(Cl)c1)c1cccc(I)c1. The normalized spacial score (nSPS) is 10.3. The van der Waals surface area contributed by atoms with E-state index in [0.29, 0.717) is 5.56 Å². The van der Waals surface area contributed by atoms with E-state index in [4.69, 9.17) is 11.6 Å². The summed E-state index contributed by atoms with van der Waals surface area (Å²) in [5.41, 5.74) is 0.788. The second-order valence-corrected chi connectivity index (χ2v) is 5.18. The van der Waals surface area contributed by atoms with Crippen molar-refractivity contribution >= 4 is 40.0 Å². The fraction of sp³-hybridized carbons (Fsp3) is 0. The van der Waals surface area contributed by atoms with Gasteiger partial charge in [-0.1, -0.05) is 23.7 Å². The van der Waals surface area contributed by atoms with Crippen molar-refractivity contribution in [3.8, 4) is 0 Å². The highest BCUT2D eigenvalue weighted by Crippen LogP contribution is 2.18. The highest BCUT2D eigenvalue weighted by Gasteiger charge is 2.11. The third-order valence-corrected chi connectivity index (χ3v) is 3.10. The molecule has 0 heterocycles. The summed E-state index contributed by atoms with van der Waals surface area (Å²) in [4.78, 5) is 12.1. The Bertz CT molecular complexity index is 563. The van der Waals surface area contributed by atoms with Crippen LogP contribution >= 0.6 is 34.2 Å². The van der Waals surface area contributed by atoms with E-state index in [1.54, 1.807) is 18.2 Å². The predicted octanol–water partition coefficient (Wildman–Crippen LogP) is 4.31. The molecule has 17 heavy (non-hydrogen) atoms. The van der Waals surface area contributed by atoms with Crippen molar-refractivity contribution in [1.29, 1.82) is 0 Å². The van der Waals surface area contributed by atoms with E-state index < -0.39 is 5.82 Å². The number of carbonyl (C=O) groups excluding carboxylic acids is 1. The zero-order valence-corrected chi connectivity index (χ0v) is 11.5. The van der Waals surface area contributed by atoms with Crippen molar-refractivity contribution in [3.05, 3.63) is 68.0 Å². The number of hydrogen-bond donors (Lipinski definition) is 0. The molecule has 0 aliphatic carbocycles. The van der Waals surface area contributed by atoms with Crippen LogP contribution in [-0.2, 0) is 0 Å². The van der Waals surface area contributed by atoms with Crippen molar-refractivity contribution in [3.63, 3.8) is 0 Å². The molecule has 0 radical (unpaired) electrons. The zero-order chi connectivity index (χ0) is 12.4. The van der Waals surface area contributed by atoms with Crippen molar-refractivity contribution in [2.45, 2.75) is 0 Å². The van der Waals surface area contributed by atoms with Crippen LogP contribution in [0.4, 0.5) is 4.39 Å². The second kappa shape index (κ2) is 5.14. The third-order valence-electron chi connectivity index (χ3n) is 2.21. The second-order valence-electron chi connectivity index (χ2n) is 3.50. The number of benzene rings is 2. The van der Waals surface area contributed by atoms with Crippen molar-refractivity contribution in [1.82, 2.24) is 0 Å². The van der Waals surface area contributed by atoms with Crippen LogP contribution in [0.3, 0.4) is 0 Å². The Kier molecular flexibility index (Phi) is 3.79. The lowest BCUT2D eigenvalue weighted by Gasteiger charge is -2.03. The van der Waals surface area contributed by atoms with Crippen LogP contribution in [0, 0.1) is 9.39 Å². The van der Waals surface area contributed by atoms with Gasteiger partial charge in [0.15, 0.2) is 5.78 Å². The molecule has 0 N–H and O–H groups in total. The lowest BCUT2D eigenvalue weighted by Crippen LogP contribution is -2.02. The Labute approximate surface area is 117 Å². The van der Waals surface area contributed by atoms with Gasteiger partial charge in [0.2, 0.25) is 0 Å². The molecule has 0 aliphatic rings. The molecule has 2 aromatic rings. The molecule has 2 rings (SSSR count). The summed E-state index contributed by atoms with van der Waals surface area (Å²) < 4.78 is 14.1. The number of ketones is 1. The predicted molar refractivity (Wildman–Crippen MR) is 74.0 cm³/mol. The molecule has 0 fully saturated rings. The molecule has 0 unspecified atom stereocenters. The average Bonchev–Trinajstić information content (AvgIpc) is 2.26. The van der Waals surface area contributed by atoms with Gasteiger partial charge in [-0.05, 0) is 52.9 Å². The first-order chi connectivity index (χ1) is 8.06. The summed E-state index contributed by atoms with van der Waals surface area (Å²) in [5, 5.41) is 0.221. The number of halogens is 3. The lowest BCUT2D eigenvalue weighted by molar-refractivity contribution is 0.103. The molecule has 4 heteroatoms. The highest BCUT2D eigenvalue weighted by molar-refractivity contribution is 14.1. The van der Waals surface area contributed by atoms with E-state index in [0.717, 1.165) is 3.57 Å². The molecule has 0 spiro atoms. The van der Waals surface area contributed by atoms with E-state index in [1.807, 2.05) is 6.07 Å². The van der Waals surface area contributed by atoms with Crippen LogP contribution in [0.5, 0.6) is 0 Å². The summed E-state index contributed by atoms with van der Waals surface area (Å²) in [7, 11) is 0. The van der Waals surface area contributed by atoms with Crippen LogP contribution in [0.15, 0.2) is 42.5 Å². The maximum absolute atomic E-state index is 13.1. The van der Waals surface area contributed by atoms with Gasteiger partial charge >= 0.3 is 0 Å². The summed E-state index contributed by atoms with van der Waals surface area (Å²) in [6, 6.07) is 10.9. The van der Waals surface area contributed by atoms with Gasteiger partial charge in [0, 0.05) is 19.7 Å². The van der Waals surface area contributed by atoms with Crippen molar-refractivity contribution in [2.75, 3.05) is 0 Å². The van der Waals surface area contributed by atoms with Gasteiger partial charge in [-0.2, -0.15) is 0 Å². The maximum Gasteiger partial charge on any atom is 0.193 e. The molecule has 2 aromatic carbocycles. The number of carbonyl (C=O) groups is 1. The monoisotopic (exact) mass is 360 g/mol. The maximum atomic E-state index is 13.1. The largest absolute Gasteiger partial charge is 0.289 e. The molecule has 86 valence electrons. The first-order valence-electron chi connectivity index (χ1n) is 4.82. The van der Waals surface area contributed by atoms with Crippen molar-refractivity contribution < 1.29 is 9.18 Å². The molecule has 0 atom stereocenters. The fourth-order valence-electron chi connectivity index (χ4n) is 1.48. The summed E-state index contributed by atoms with van der Waals surface area (Å²) in [6.45, 7) is 0. The quantitative estimate of drug-likeness (QED) is 0.576. The molecular formula is C13H7ClFIO. The van der Waals surface area contributed by atoms with Gasteiger partial charge in [-0.25, -0.2) is 4.39 Å². The Morgan fingerprint density at radius 3 is 2.53 bits per heavy atom. The Morgan fingerprint density at radius 2 is 1.88 bits per heavy atom. The van der Waals surface area contributed by atoms with Gasteiger partial charge in [-0.15, -0.1) is 0 Å². The lowest BCUT2D eigenvalue weighted by atomic mass is 10.0. The van der Waals surface area contributed by atoms with E-state index in [-0.39, 0.29) is 16.4 Å². The van der Waals surface area contributed by atoms with E-state index in [2.05, 4.69) is 22.6 Å². The van der Waals surface area contributed by atoms with E-state index in [9.17, 15) is 9.18 Å². The minimum atomic E-state index is -0.508. The Morgan fingerprint density at radius 1 is 1.12 bits per heavy atom. The topological polar surface area (TPSA) is 17.1 Å². The van der Waals surface area contributed by atoms with Crippen LogP contribution in [0.25, 0.3) is 0 Å². The first-order valence-corrected chi connectivity index (χ1v) is 6.28. The van der Waals surface area contributed by atoms with Gasteiger partial charge in [0.25, 0.3) is 0 Å². The molecule has 1 nitrogen and oxygen atoms in total. The summed E-state index contributed by atoms with van der Waals surface area (Å²) >= 11 is 7.84. The van der Waals surface area contributed by atoms with Crippen LogP contribution in [0.2, 0.25) is 5.02 Å². The Hall–Kier alpha value is -0.940. The number of rotatable bonds is 2. The van der Waals surface area contributed by atoms with Crippen LogP contribution in [0.1, 0.15) is 15.9 Å². The molecule has 0 saturated carbocycles. The molecule has 0 aromatic heterocycles. The van der Waals surface area contributed by atoms with E-state index >= 15 is 0 Å². The summed E-state index contributed by atoms with van der Waals surface area (Å²) in [6.07, 6.45) is 0.